The summed E-state index contributed by atoms with van der Waals surface area (Å²) in [7, 11) is 0. The lowest BCUT2D eigenvalue weighted by Gasteiger charge is -2.33. The molecule has 3 heterocycles. The second kappa shape index (κ2) is 11.4. The van der Waals surface area contributed by atoms with Crippen LogP contribution in [0, 0.1) is 0 Å². The highest BCUT2D eigenvalue weighted by molar-refractivity contribution is 6.17. The van der Waals surface area contributed by atoms with Gasteiger partial charge in [0.15, 0.2) is 0 Å². The molecule has 0 saturated heterocycles. The molecule has 2 atom stereocenters. The van der Waals surface area contributed by atoms with Crippen molar-refractivity contribution in [2.75, 3.05) is 0 Å². The fourth-order valence-electron chi connectivity index (χ4n) is 6.74. The first-order valence-electron chi connectivity index (χ1n) is 15.9. The lowest BCUT2D eigenvalue weighted by molar-refractivity contribution is 0.409. The number of rotatable bonds is 5. The van der Waals surface area contributed by atoms with Crippen LogP contribution >= 0.6 is 0 Å². The predicted molar refractivity (Wildman–Crippen MR) is 191 cm³/mol. The van der Waals surface area contributed by atoms with E-state index in [0.717, 1.165) is 72.0 Å². The predicted octanol–water partition coefficient (Wildman–Crippen LogP) is 9.81. The van der Waals surface area contributed by atoms with Gasteiger partial charge in [-0.05, 0) is 46.0 Å². The number of para-hydroxylation sites is 1. The molecule has 1 aliphatic heterocycles. The molecular weight excluding hydrogens is 576 g/mol. The van der Waals surface area contributed by atoms with Gasteiger partial charge in [-0.1, -0.05) is 140 Å². The third kappa shape index (κ3) is 4.85. The zero-order valence-corrected chi connectivity index (χ0v) is 25.5. The fraction of sp³-hybridized carbons (Fsp3) is 0.0476. The van der Waals surface area contributed by atoms with Crippen molar-refractivity contribution >= 4 is 38.8 Å². The maximum Gasteiger partial charge on any atom is 0.227 e. The van der Waals surface area contributed by atoms with Crippen LogP contribution in [0.3, 0.4) is 0 Å². The Kier molecular flexibility index (Phi) is 6.61. The van der Waals surface area contributed by atoms with Gasteiger partial charge in [0.1, 0.15) is 23.8 Å². The molecule has 0 bridgehead atoms. The van der Waals surface area contributed by atoms with Crippen molar-refractivity contribution in [3.63, 3.8) is 0 Å². The Labute approximate surface area is 272 Å². The van der Waals surface area contributed by atoms with Crippen molar-refractivity contribution in [3.05, 3.63) is 174 Å². The summed E-state index contributed by atoms with van der Waals surface area (Å²) < 4.78 is 6.68. The summed E-state index contributed by atoms with van der Waals surface area (Å²) in [6.45, 7) is 0. The Morgan fingerprint density at radius 1 is 0.574 bits per heavy atom. The molecule has 9 rings (SSSR count). The summed E-state index contributed by atoms with van der Waals surface area (Å²) in [6.07, 6.45) is -0.443. The van der Waals surface area contributed by atoms with Gasteiger partial charge in [0.25, 0.3) is 0 Å². The maximum absolute atomic E-state index is 6.68. The van der Waals surface area contributed by atoms with Crippen molar-refractivity contribution in [3.8, 4) is 22.3 Å². The van der Waals surface area contributed by atoms with Crippen LogP contribution in [0.25, 0.3) is 55.2 Å². The maximum atomic E-state index is 6.68. The van der Waals surface area contributed by atoms with Crippen LogP contribution in [0.1, 0.15) is 29.0 Å². The lowest BCUT2D eigenvalue weighted by Crippen LogP contribution is -2.45. The number of benzene rings is 6. The number of nitrogens with one attached hydrogen (secondary N) is 2. The van der Waals surface area contributed by atoms with Crippen LogP contribution in [0.5, 0.6) is 0 Å². The van der Waals surface area contributed by atoms with Gasteiger partial charge in [-0.25, -0.2) is 9.98 Å². The Hall–Kier alpha value is -6.04. The Morgan fingerprint density at radius 2 is 1.23 bits per heavy atom. The molecule has 5 heteroatoms. The minimum atomic E-state index is -0.225. The first-order chi connectivity index (χ1) is 23.3. The summed E-state index contributed by atoms with van der Waals surface area (Å²) in [5.74, 6) is 0.854. The molecule has 47 heavy (non-hydrogen) atoms. The molecule has 2 N–H and O–H groups in total. The molecule has 224 valence electrons. The molecule has 0 aliphatic carbocycles. The second-order valence-corrected chi connectivity index (χ2v) is 11.9. The number of amidine groups is 1. The number of nitrogens with zero attached hydrogens (tertiary/aromatic N) is 2. The van der Waals surface area contributed by atoms with E-state index in [-0.39, 0.29) is 12.3 Å². The van der Waals surface area contributed by atoms with E-state index in [1.165, 1.54) is 0 Å². The fourth-order valence-corrected chi connectivity index (χ4v) is 6.74. The standard InChI is InChI=1S/C42H30N4O/c1-4-14-27(15-5-1)31-24-25-33(37-35-26-30-20-10-13-23-36(30)43-42(35)47-38(31)37)32-21-11-12-22-34(32)41-45-39(28-16-6-2-7-17-28)44-40(46-41)29-18-8-3-9-19-29/h1-26,39,41,45H,(H,44,46). The van der Waals surface area contributed by atoms with Gasteiger partial charge in [0.2, 0.25) is 5.71 Å². The van der Waals surface area contributed by atoms with Crippen LogP contribution in [0.4, 0.5) is 0 Å². The first kappa shape index (κ1) is 27.3. The molecule has 2 unspecified atom stereocenters. The molecule has 1 aliphatic rings. The van der Waals surface area contributed by atoms with Crippen molar-refractivity contribution in [2.45, 2.75) is 12.3 Å². The smallest absolute Gasteiger partial charge is 0.227 e. The van der Waals surface area contributed by atoms with E-state index < -0.39 is 0 Å². The molecule has 6 aromatic carbocycles. The van der Waals surface area contributed by atoms with E-state index in [0.29, 0.717) is 5.71 Å². The Balaban J connectivity index is 1.25. The minimum absolute atomic E-state index is 0.218. The van der Waals surface area contributed by atoms with Crippen LogP contribution in [-0.4, -0.2) is 10.8 Å². The number of hydrogen-bond donors (Lipinski definition) is 2. The highest BCUT2D eigenvalue weighted by Crippen LogP contribution is 2.43. The van der Waals surface area contributed by atoms with Gasteiger partial charge in [0.05, 0.1) is 5.52 Å². The normalized spacial score (nSPS) is 16.3. The zero-order chi connectivity index (χ0) is 31.2. The number of fused-ring (bicyclic) bond motifs is 4. The van der Waals surface area contributed by atoms with Gasteiger partial charge in [0, 0.05) is 27.3 Å². The number of furan rings is 1. The Bertz CT molecular complexity index is 2420. The van der Waals surface area contributed by atoms with E-state index in [1.807, 2.05) is 30.3 Å². The van der Waals surface area contributed by atoms with E-state index >= 15 is 0 Å². The highest BCUT2D eigenvalue weighted by atomic mass is 16.3. The summed E-state index contributed by atoms with van der Waals surface area (Å²) in [5.41, 5.74) is 10.0. The topological polar surface area (TPSA) is 62.5 Å². The third-order valence-electron chi connectivity index (χ3n) is 8.99. The van der Waals surface area contributed by atoms with Crippen LogP contribution in [0.2, 0.25) is 0 Å². The van der Waals surface area contributed by atoms with E-state index in [1.54, 1.807) is 0 Å². The molecule has 0 amide bonds. The largest absolute Gasteiger partial charge is 0.437 e. The summed E-state index contributed by atoms with van der Waals surface area (Å²) in [6, 6.07) is 54.6. The van der Waals surface area contributed by atoms with E-state index in [9.17, 15) is 0 Å². The van der Waals surface area contributed by atoms with Gasteiger partial charge in [-0.3, -0.25) is 5.32 Å². The summed E-state index contributed by atoms with van der Waals surface area (Å²) in [5, 5.41) is 10.7. The van der Waals surface area contributed by atoms with Crippen molar-refractivity contribution in [1.29, 1.82) is 0 Å². The SMILES string of the molecule is c1ccc(C2=NC(c3ccccc3)NC(c3ccccc3-c3ccc(-c4ccccc4)c4oc5nc6ccccc6cc5c34)N2)cc1. The van der Waals surface area contributed by atoms with Crippen LogP contribution < -0.4 is 10.6 Å². The molecule has 0 spiro atoms. The lowest BCUT2D eigenvalue weighted by atomic mass is 9.91. The van der Waals surface area contributed by atoms with Crippen molar-refractivity contribution in [1.82, 2.24) is 15.6 Å². The molecule has 0 saturated carbocycles. The van der Waals surface area contributed by atoms with Gasteiger partial charge in [-0.15, -0.1) is 0 Å². The number of aliphatic imine (C=N–C) groups is 1. The van der Waals surface area contributed by atoms with Crippen LogP contribution in [0.15, 0.2) is 167 Å². The highest BCUT2D eigenvalue weighted by Gasteiger charge is 2.28. The number of hydrogen-bond acceptors (Lipinski definition) is 5. The molecule has 2 aromatic heterocycles. The van der Waals surface area contributed by atoms with Crippen molar-refractivity contribution in [2.24, 2.45) is 4.99 Å². The van der Waals surface area contributed by atoms with Crippen LogP contribution in [-0.2, 0) is 0 Å². The van der Waals surface area contributed by atoms with E-state index in [2.05, 4.69) is 138 Å². The van der Waals surface area contributed by atoms with Gasteiger partial charge < -0.3 is 9.73 Å². The number of pyridine rings is 1. The minimum Gasteiger partial charge on any atom is -0.437 e. The molecular formula is C42H30N4O. The number of aromatic nitrogens is 1. The zero-order valence-electron chi connectivity index (χ0n) is 25.5. The third-order valence-corrected chi connectivity index (χ3v) is 8.99. The van der Waals surface area contributed by atoms with Crippen molar-refractivity contribution < 1.29 is 4.42 Å². The summed E-state index contributed by atoms with van der Waals surface area (Å²) >= 11 is 0. The van der Waals surface area contributed by atoms with Gasteiger partial charge >= 0.3 is 0 Å². The first-order valence-corrected chi connectivity index (χ1v) is 15.9. The molecule has 0 radical (unpaired) electrons. The summed E-state index contributed by atoms with van der Waals surface area (Å²) in [4.78, 5) is 10.1. The monoisotopic (exact) mass is 606 g/mol. The average Bonchev–Trinajstić information content (AvgIpc) is 3.53. The molecule has 5 nitrogen and oxygen atoms in total. The molecule has 8 aromatic rings. The quantitative estimate of drug-likeness (QED) is 0.205. The molecule has 0 fully saturated rings. The van der Waals surface area contributed by atoms with E-state index in [4.69, 9.17) is 14.4 Å². The Morgan fingerprint density at radius 3 is 2.04 bits per heavy atom. The average molecular weight is 607 g/mol. The van der Waals surface area contributed by atoms with Gasteiger partial charge in [-0.2, -0.15) is 0 Å². The second-order valence-electron chi connectivity index (χ2n) is 11.9.